The van der Waals surface area contributed by atoms with Crippen LogP contribution < -0.4 is 10.6 Å². The molecule has 9 aromatic carbocycles. The second-order valence-electron chi connectivity index (χ2n) is 17.0. The molecule has 0 radical (unpaired) electrons. The average molecular weight is 863 g/mol. The van der Waals surface area contributed by atoms with Gasteiger partial charge in [-0.25, -0.2) is 20.0 Å². The van der Waals surface area contributed by atoms with Crippen molar-refractivity contribution in [1.82, 2.24) is 10.6 Å². The van der Waals surface area contributed by atoms with Crippen molar-refractivity contribution in [3.8, 4) is 44.5 Å². The highest BCUT2D eigenvalue weighted by Gasteiger charge is 2.32. The fourth-order valence-corrected chi connectivity index (χ4v) is 8.83. The zero-order chi connectivity index (χ0) is 45.0. The molecule has 0 saturated heterocycles. The second-order valence-corrected chi connectivity index (χ2v) is 17.0. The third-order valence-corrected chi connectivity index (χ3v) is 12.3. The highest BCUT2D eigenvalue weighted by molar-refractivity contribution is 6.14. The molecule has 0 amide bonds. The maximum absolute atomic E-state index is 5.38. The van der Waals surface area contributed by atoms with Crippen molar-refractivity contribution < 1.29 is 0 Å². The number of nitrogens with zero attached hydrogens (tertiary/aromatic N) is 4. The van der Waals surface area contributed by atoms with E-state index in [2.05, 4.69) is 200 Å². The molecule has 67 heavy (non-hydrogen) atoms. The van der Waals surface area contributed by atoms with E-state index < -0.39 is 5.66 Å². The molecule has 0 fully saturated rings. The summed E-state index contributed by atoms with van der Waals surface area (Å²) in [7, 11) is 0. The van der Waals surface area contributed by atoms with E-state index >= 15 is 0 Å². The van der Waals surface area contributed by atoms with Crippen molar-refractivity contribution in [3.05, 3.63) is 276 Å². The summed E-state index contributed by atoms with van der Waals surface area (Å²) in [5.41, 5.74) is 14.1. The molecule has 2 heterocycles. The average Bonchev–Trinajstić information content (AvgIpc) is 3.42. The summed E-state index contributed by atoms with van der Waals surface area (Å²) in [4.78, 5) is 20.7. The van der Waals surface area contributed by atoms with Gasteiger partial charge in [0, 0.05) is 22.3 Å². The van der Waals surface area contributed by atoms with Gasteiger partial charge in [0.25, 0.3) is 0 Å². The third-order valence-electron chi connectivity index (χ3n) is 12.3. The molecule has 2 N–H and O–H groups in total. The Morgan fingerprint density at radius 2 is 0.746 bits per heavy atom. The maximum Gasteiger partial charge on any atom is 0.159 e. The minimum atomic E-state index is -0.749. The van der Waals surface area contributed by atoms with E-state index in [1.807, 2.05) is 60.7 Å². The van der Waals surface area contributed by atoms with Gasteiger partial charge in [0.05, 0.1) is 0 Å². The summed E-state index contributed by atoms with van der Waals surface area (Å²) in [6.07, 6.45) is -0.269. The number of benzene rings is 9. The van der Waals surface area contributed by atoms with Gasteiger partial charge in [0.15, 0.2) is 17.3 Å². The second kappa shape index (κ2) is 18.0. The van der Waals surface area contributed by atoms with E-state index in [1.165, 1.54) is 0 Å². The molecule has 2 atom stereocenters. The lowest BCUT2D eigenvalue weighted by Gasteiger charge is -2.33. The highest BCUT2D eigenvalue weighted by Crippen LogP contribution is 2.35. The van der Waals surface area contributed by atoms with Crippen LogP contribution in [0.4, 0.5) is 0 Å². The Balaban J connectivity index is 0.955. The Hall–Kier alpha value is -8.74. The topological polar surface area (TPSA) is 73.5 Å². The molecule has 0 spiro atoms. The van der Waals surface area contributed by atoms with E-state index in [0.29, 0.717) is 11.7 Å². The van der Waals surface area contributed by atoms with Crippen LogP contribution in [0.25, 0.3) is 44.5 Å². The number of rotatable bonds is 10. The SMILES string of the molecule is CC1(c2ccccc2)N=C(c2cc(-c3ccccc3)cc(-c3cccc(-c4cccc(-c5cccc(C6=NC(c7ccccc7)=NC(c7ccccc7)N6)c5)c4)c3)c2)N=C(c2ccccc2)N1. The van der Waals surface area contributed by atoms with Crippen LogP contribution in [-0.4, -0.2) is 23.3 Å². The predicted molar refractivity (Wildman–Crippen MR) is 276 cm³/mol. The first-order chi connectivity index (χ1) is 33.0. The summed E-state index contributed by atoms with van der Waals surface area (Å²) >= 11 is 0. The van der Waals surface area contributed by atoms with E-state index in [0.717, 1.165) is 89.6 Å². The summed E-state index contributed by atoms with van der Waals surface area (Å²) in [6.45, 7) is 2.12. The number of hydrogen-bond donors (Lipinski definition) is 2. The van der Waals surface area contributed by atoms with Crippen molar-refractivity contribution in [2.45, 2.75) is 18.8 Å². The third kappa shape index (κ3) is 8.76. The van der Waals surface area contributed by atoms with E-state index in [1.54, 1.807) is 0 Å². The molecule has 6 nitrogen and oxygen atoms in total. The number of hydrogen-bond acceptors (Lipinski definition) is 6. The lowest BCUT2D eigenvalue weighted by Crippen LogP contribution is -2.46. The first-order valence-electron chi connectivity index (χ1n) is 22.7. The highest BCUT2D eigenvalue weighted by atomic mass is 15.2. The summed E-state index contributed by atoms with van der Waals surface area (Å²) in [5, 5.41) is 7.31. The molecule has 2 aliphatic rings. The monoisotopic (exact) mass is 862 g/mol. The smallest absolute Gasteiger partial charge is 0.159 e. The van der Waals surface area contributed by atoms with E-state index in [9.17, 15) is 0 Å². The number of amidine groups is 4. The molecule has 320 valence electrons. The molecular weight excluding hydrogens is 817 g/mol. The Kier molecular flexibility index (Phi) is 11.0. The minimum absolute atomic E-state index is 0.269. The molecule has 2 aliphatic heterocycles. The lowest BCUT2D eigenvalue weighted by atomic mass is 9.92. The van der Waals surface area contributed by atoms with Crippen LogP contribution in [0, 0.1) is 0 Å². The van der Waals surface area contributed by atoms with Gasteiger partial charge in [0.1, 0.15) is 17.8 Å². The molecule has 11 rings (SSSR count). The van der Waals surface area contributed by atoms with Crippen molar-refractivity contribution in [2.24, 2.45) is 20.0 Å². The molecule has 0 aromatic heterocycles. The van der Waals surface area contributed by atoms with Gasteiger partial charge < -0.3 is 10.6 Å². The lowest BCUT2D eigenvalue weighted by molar-refractivity contribution is 0.455. The van der Waals surface area contributed by atoms with Gasteiger partial charge in [-0.05, 0) is 99.0 Å². The van der Waals surface area contributed by atoms with Crippen LogP contribution in [0.5, 0.6) is 0 Å². The van der Waals surface area contributed by atoms with Gasteiger partial charge in [-0.3, -0.25) is 0 Å². The standard InChI is InChI=1S/C61H46N6/c1-61(55-34-15-6-16-35-55)66-59(45-26-13-5-14-27-45)65-60(67-61)54-40-52(42-20-7-2-8-21-42)39-53(41-54)50-32-18-30-48(37-50)46-28-17-29-47(36-46)49-31-19-33-51(38-49)58-63-56(43-22-9-3-10-23-43)62-57(64-58)44-24-11-4-12-25-44/h2-41,56H,1H3,(H,62,63,64)(H,65,66,67). The van der Waals surface area contributed by atoms with Gasteiger partial charge >= 0.3 is 0 Å². The number of aliphatic imine (C=N–C) groups is 4. The van der Waals surface area contributed by atoms with Crippen molar-refractivity contribution in [2.75, 3.05) is 0 Å². The minimum Gasteiger partial charge on any atom is -0.344 e. The molecule has 6 heteroatoms. The van der Waals surface area contributed by atoms with Gasteiger partial charge in [-0.2, -0.15) is 0 Å². The summed E-state index contributed by atoms with van der Waals surface area (Å²) < 4.78 is 0. The van der Waals surface area contributed by atoms with Crippen molar-refractivity contribution in [3.63, 3.8) is 0 Å². The first kappa shape index (κ1) is 41.0. The predicted octanol–water partition coefficient (Wildman–Crippen LogP) is 13.5. The largest absolute Gasteiger partial charge is 0.344 e. The maximum atomic E-state index is 5.38. The van der Waals surface area contributed by atoms with Crippen LogP contribution in [-0.2, 0) is 5.66 Å². The van der Waals surface area contributed by atoms with Crippen molar-refractivity contribution >= 4 is 23.3 Å². The Bertz CT molecular complexity index is 3340. The Labute approximate surface area is 391 Å². The van der Waals surface area contributed by atoms with Gasteiger partial charge in [0.2, 0.25) is 0 Å². The molecule has 0 bridgehead atoms. The van der Waals surface area contributed by atoms with Crippen LogP contribution in [0.2, 0.25) is 0 Å². The zero-order valence-corrected chi connectivity index (χ0v) is 37.0. The number of nitrogens with one attached hydrogen (secondary N) is 2. The molecule has 9 aromatic rings. The van der Waals surface area contributed by atoms with Gasteiger partial charge in [-0.1, -0.05) is 206 Å². The van der Waals surface area contributed by atoms with Crippen LogP contribution >= 0.6 is 0 Å². The van der Waals surface area contributed by atoms with E-state index in [4.69, 9.17) is 20.0 Å². The Morgan fingerprint density at radius 1 is 0.343 bits per heavy atom. The fraction of sp³-hybridized carbons (Fsp3) is 0.0492. The fourth-order valence-electron chi connectivity index (χ4n) is 8.83. The van der Waals surface area contributed by atoms with Crippen LogP contribution in [0.1, 0.15) is 46.5 Å². The van der Waals surface area contributed by atoms with Crippen LogP contribution in [0.15, 0.2) is 263 Å². The molecule has 0 saturated carbocycles. The Morgan fingerprint density at radius 3 is 1.33 bits per heavy atom. The quantitative estimate of drug-likeness (QED) is 0.144. The summed E-state index contributed by atoms with van der Waals surface area (Å²) in [5.74, 6) is 2.94. The summed E-state index contributed by atoms with van der Waals surface area (Å²) in [6, 6.07) is 84.6. The van der Waals surface area contributed by atoms with Crippen LogP contribution in [0.3, 0.4) is 0 Å². The normalized spacial score (nSPS) is 16.6. The zero-order valence-electron chi connectivity index (χ0n) is 37.0. The molecular formula is C61H46N6. The first-order valence-corrected chi connectivity index (χ1v) is 22.7. The van der Waals surface area contributed by atoms with Crippen molar-refractivity contribution in [1.29, 1.82) is 0 Å². The molecule has 2 unspecified atom stereocenters. The van der Waals surface area contributed by atoms with Gasteiger partial charge in [-0.15, -0.1) is 0 Å². The molecule has 0 aliphatic carbocycles. The van der Waals surface area contributed by atoms with E-state index in [-0.39, 0.29) is 6.17 Å².